The SMILES string of the molecule is COc1cc2oc(=O)cc(C)c2cc1CCC(=O)N[C@@H]1CCS(=O)(=O)C1. The van der Waals surface area contributed by atoms with Gasteiger partial charge in [-0.15, -0.1) is 0 Å². The minimum Gasteiger partial charge on any atom is -0.496 e. The summed E-state index contributed by atoms with van der Waals surface area (Å²) in [5.74, 6) is 0.491. The Morgan fingerprint density at radius 1 is 1.35 bits per heavy atom. The molecule has 7 nitrogen and oxygen atoms in total. The molecule has 1 aromatic carbocycles. The molecule has 1 saturated heterocycles. The molecule has 0 unspecified atom stereocenters. The third kappa shape index (κ3) is 4.07. The van der Waals surface area contributed by atoms with Gasteiger partial charge in [-0.3, -0.25) is 4.79 Å². The molecule has 140 valence electrons. The lowest BCUT2D eigenvalue weighted by molar-refractivity contribution is -0.121. The van der Waals surface area contributed by atoms with Gasteiger partial charge in [0, 0.05) is 30.0 Å². The first-order chi connectivity index (χ1) is 12.3. The lowest BCUT2D eigenvalue weighted by atomic mass is 10.0. The molecular formula is C18H21NO6S. The normalized spacial score (nSPS) is 18.8. The fourth-order valence-corrected chi connectivity index (χ4v) is 4.91. The number of amides is 1. The number of benzene rings is 1. The monoisotopic (exact) mass is 379 g/mol. The molecule has 1 amide bonds. The van der Waals surface area contributed by atoms with Gasteiger partial charge in [0.2, 0.25) is 5.91 Å². The van der Waals surface area contributed by atoms with Crippen LogP contribution in [0.3, 0.4) is 0 Å². The average molecular weight is 379 g/mol. The number of fused-ring (bicyclic) bond motifs is 1. The average Bonchev–Trinajstić information content (AvgIpc) is 2.90. The highest BCUT2D eigenvalue weighted by atomic mass is 32.2. The highest BCUT2D eigenvalue weighted by Gasteiger charge is 2.28. The van der Waals surface area contributed by atoms with E-state index in [4.69, 9.17) is 9.15 Å². The lowest BCUT2D eigenvalue weighted by Crippen LogP contribution is -2.35. The van der Waals surface area contributed by atoms with E-state index in [1.165, 1.54) is 13.2 Å². The van der Waals surface area contributed by atoms with Crippen molar-refractivity contribution >= 4 is 26.7 Å². The molecule has 0 bridgehead atoms. The number of ether oxygens (including phenoxy) is 1. The summed E-state index contributed by atoms with van der Waals surface area (Å²) in [7, 11) is -1.51. The van der Waals surface area contributed by atoms with Crippen molar-refractivity contribution in [2.24, 2.45) is 0 Å². The van der Waals surface area contributed by atoms with Gasteiger partial charge in [0.05, 0.1) is 18.6 Å². The van der Waals surface area contributed by atoms with E-state index < -0.39 is 15.5 Å². The standard InChI is InChI=1S/C18H21NO6S/c1-11-7-18(21)25-16-9-15(24-2)12(8-14(11)16)3-4-17(20)19-13-5-6-26(22,23)10-13/h7-9,13H,3-6,10H2,1-2H3,(H,19,20)/t13-/m1/s1. The van der Waals surface area contributed by atoms with Gasteiger partial charge in [-0.25, -0.2) is 13.2 Å². The molecule has 1 aromatic heterocycles. The van der Waals surface area contributed by atoms with Crippen molar-refractivity contribution in [3.8, 4) is 5.75 Å². The Bertz CT molecular complexity index is 1010. The molecule has 1 N–H and O–H groups in total. The van der Waals surface area contributed by atoms with Gasteiger partial charge in [-0.2, -0.15) is 0 Å². The zero-order valence-electron chi connectivity index (χ0n) is 14.7. The van der Waals surface area contributed by atoms with E-state index in [0.29, 0.717) is 24.2 Å². The number of carbonyl (C=O) groups excluding carboxylic acids is 1. The van der Waals surface area contributed by atoms with Gasteiger partial charge in [0.25, 0.3) is 0 Å². The second kappa shape index (κ2) is 7.11. The zero-order chi connectivity index (χ0) is 18.9. The van der Waals surface area contributed by atoms with Gasteiger partial charge in [-0.1, -0.05) is 0 Å². The van der Waals surface area contributed by atoms with E-state index in [1.807, 2.05) is 13.0 Å². The topological polar surface area (TPSA) is 103 Å². The van der Waals surface area contributed by atoms with Crippen molar-refractivity contribution in [1.82, 2.24) is 5.32 Å². The molecular weight excluding hydrogens is 358 g/mol. The quantitative estimate of drug-likeness (QED) is 0.787. The molecule has 1 aliphatic rings. The van der Waals surface area contributed by atoms with Crippen LogP contribution < -0.4 is 15.7 Å². The first-order valence-corrected chi connectivity index (χ1v) is 10.2. The largest absolute Gasteiger partial charge is 0.496 e. The van der Waals surface area contributed by atoms with Crippen LogP contribution in [-0.4, -0.2) is 39.0 Å². The second-order valence-corrected chi connectivity index (χ2v) is 8.80. The maximum atomic E-state index is 12.2. The number of hydrogen-bond donors (Lipinski definition) is 1. The van der Waals surface area contributed by atoms with Crippen LogP contribution in [0.15, 0.2) is 27.4 Å². The molecule has 2 heterocycles. The summed E-state index contributed by atoms with van der Waals surface area (Å²) in [6, 6.07) is 4.63. The van der Waals surface area contributed by atoms with Crippen molar-refractivity contribution in [3.05, 3.63) is 39.7 Å². The maximum absolute atomic E-state index is 12.2. The summed E-state index contributed by atoms with van der Waals surface area (Å²) in [4.78, 5) is 23.7. The van der Waals surface area contributed by atoms with Gasteiger partial charge >= 0.3 is 5.63 Å². The molecule has 1 fully saturated rings. The van der Waals surface area contributed by atoms with Gasteiger partial charge < -0.3 is 14.5 Å². The van der Waals surface area contributed by atoms with Crippen LogP contribution in [-0.2, 0) is 21.1 Å². The molecule has 0 radical (unpaired) electrons. The predicted molar refractivity (Wildman–Crippen MR) is 97.3 cm³/mol. The second-order valence-electron chi connectivity index (χ2n) is 6.58. The maximum Gasteiger partial charge on any atom is 0.336 e. The first kappa shape index (κ1) is 18.4. The van der Waals surface area contributed by atoms with Crippen molar-refractivity contribution < 1.29 is 22.4 Å². The van der Waals surface area contributed by atoms with E-state index in [2.05, 4.69) is 5.32 Å². The molecule has 8 heteroatoms. The van der Waals surface area contributed by atoms with Crippen LogP contribution in [0, 0.1) is 6.92 Å². The number of methoxy groups -OCH3 is 1. The van der Waals surface area contributed by atoms with E-state index >= 15 is 0 Å². The molecule has 0 saturated carbocycles. The fraction of sp³-hybridized carbons (Fsp3) is 0.444. The molecule has 0 aliphatic carbocycles. The van der Waals surface area contributed by atoms with Crippen molar-refractivity contribution in [1.29, 1.82) is 0 Å². The Hall–Kier alpha value is -2.35. The van der Waals surface area contributed by atoms with E-state index in [1.54, 1.807) is 6.07 Å². The Morgan fingerprint density at radius 2 is 2.12 bits per heavy atom. The summed E-state index contributed by atoms with van der Waals surface area (Å²) in [6.45, 7) is 1.82. The molecule has 2 aromatic rings. The zero-order valence-corrected chi connectivity index (χ0v) is 15.5. The molecule has 1 aliphatic heterocycles. The Balaban J connectivity index is 1.74. The Labute approximate surface area is 151 Å². The minimum atomic E-state index is -3.02. The van der Waals surface area contributed by atoms with Crippen LogP contribution in [0.4, 0.5) is 0 Å². The van der Waals surface area contributed by atoms with Crippen LogP contribution >= 0.6 is 0 Å². The van der Waals surface area contributed by atoms with E-state index in [9.17, 15) is 18.0 Å². The molecule has 3 rings (SSSR count). The van der Waals surface area contributed by atoms with Crippen LogP contribution in [0.25, 0.3) is 11.0 Å². The number of aryl methyl sites for hydroxylation is 2. The number of sulfone groups is 1. The number of nitrogens with one attached hydrogen (secondary N) is 1. The van der Waals surface area contributed by atoms with Crippen molar-refractivity contribution in [2.75, 3.05) is 18.6 Å². The van der Waals surface area contributed by atoms with Gasteiger partial charge in [0.15, 0.2) is 9.84 Å². The molecule has 0 spiro atoms. The lowest BCUT2D eigenvalue weighted by Gasteiger charge is -2.13. The summed E-state index contributed by atoms with van der Waals surface area (Å²) < 4.78 is 33.5. The van der Waals surface area contributed by atoms with Crippen molar-refractivity contribution in [2.45, 2.75) is 32.2 Å². The van der Waals surface area contributed by atoms with E-state index in [-0.39, 0.29) is 29.9 Å². The van der Waals surface area contributed by atoms with E-state index in [0.717, 1.165) is 16.5 Å². The number of hydrogen-bond acceptors (Lipinski definition) is 6. The predicted octanol–water partition coefficient (Wildman–Crippen LogP) is 1.35. The van der Waals surface area contributed by atoms with Gasteiger partial charge in [-0.05, 0) is 37.0 Å². The Kier molecular flexibility index (Phi) is 5.04. The summed E-state index contributed by atoms with van der Waals surface area (Å²) in [6.07, 6.45) is 1.11. The fourth-order valence-electron chi connectivity index (χ4n) is 3.23. The van der Waals surface area contributed by atoms with Crippen LogP contribution in [0.2, 0.25) is 0 Å². The Morgan fingerprint density at radius 3 is 2.77 bits per heavy atom. The van der Waals surface area contributed by atoms with Crippen molar-refractivity contribution in [3.63, 3.8) is 0 Å². The van der Waals surface area contributed by atoms with Crippen LogP contribution in [0.1, 0.15) is 24.0 Å². The van der Waals surface area contributed by atoms with Gasteiger partial charge in [0.1, 0.15) is 11.3 Å². The first-order valence-electron chi connectivity index (χ1n) is 8.38. The smallest absolute Gasteiger partial charge is 0.336 e. The number of carbonyl (C=O) groups is 1. The van der Waals surface area contributed by atoms with Crippen LogP contribution in [0.5, 0.6) is 5.75 Å². The number of rotatable bonds is 5. The summed E-state index contributed by atoms with van der Waals surface area (Å²) >= 11 is 0. The summed E-state index contributed by atoms with van der Waals surface area (Å²) in [5, 5.41) is 3.57. The third-order valence-electron chi connectivity index (χ3n) is 4.57. The minimum absolute atomic E-state index is 0.0102. The summed E-state index contributed by atoms with van der Waals surface area (Å²) in [5.41, 5.74) is 1.64. The highest BCUT2D eigenvalue weighted by molar-refractivity contribution is 7.91. The molecule has 1 atom stereocenters. The molecule has 26 heavy (non-hydrogen) atoms. The third-order valence-corrected chi connectivity index (χ3v) is 6.34. The highest BCUT2D eigenvalue weighted by Crippen LogP contribution is 2.28.